The lowest BCUT2D eigenvalue weighted by molar-refractivity contribution is -0.155. The Bertz CT molecular complexity index is 1430. The molecule has 0 aliphatic carbocycles. The zero-order valence-corrected chi connectivity index (χ0v) is 27.4. The highest BCUT2D eigenvalue weighted by Gasteiger charge is 2.53. The zero-order chi connectivity index (χ0) is 33.0. The molecule has 1 aliphatic rings. The minimum absolute atomic E-state index is 0.0309. The summed E-state index contributed by atoms with van der Waals surface area (Å²) in [6.45, 7) is 8.63. The third kappa shape index (κ3) is 9.40. The maximum absolute atomic E-state index is 14.2. The summed E-state index contributed by atoms with van der Waals surface area (Å²) in [5.41, 5.74) is 7.34. The number of aliphatic hydroxyl groups is 1. The van der Waals surface area contributed by atoms with Crippen LogP contribution in [-0.4, -0.2) is 53.8 Å². The minimum Gasteiger partial charge on any atom is -0.494 e. The van der Waals surface area contributed by atoms with E-state index in [2.05, 4.69) is 17.8 Å². The average Bonchev–Trinajstić information content (AvgIpc) is 3.45. The van der Waals surface area contributed by atoms with Crippen LogP contribution in [0, 0.1) is 0 Å². The molecule has 4 rings (SSSR count). The fraction of sp³-hybridized carbons (Fsp3) is 0.432. The number of carbonyl (C=O) groups is 2. The van der Waals surface area contributed by atoms with E-state index in [4.69, 9.17) is 24.3 Å². The highest BCUT2D eigenvalue weighted by atomic mass is 16.6. The summed E-state index contributed by atoms with van der Waals surface area (Å²) in [5.74, 6) is 0.142. The number of rotatable bonds is 16. The molecule has 0 saturated carbocycles. The van der Waals surface area contributed by atoms with Gasteiger partial charge in [0, 0.05) is 31.6 Å². The molecule has 0 spiro atoms. The van der Waals surface area contributed by atoms with Crippen molar-refractivity contribution in [2.75, 3.05) is 19.8 Å². The Morgan fingerprint density at radius 1 is 0.913 bits per heavy atom. The summed E-state index contributed by atoms with van der Waals surface area (Å²) in [5, 5.41) is 9.06. The van der Waals surface area contributed by atoms with Crippen molar-refractivity contribution in [1.29, 1.82) is 0 Å². The number of nitrogens with zero attached hydrogens (tertiary/aromatic N) is 1. The summed E-state index contributed by atoms with van der Waals surface area (Å²) < 4.78 is 17.9. The number of hydrogen-bond donors (Lipinski definition) is 3. The number of benzene rings is 3. The lowest BCUT2D eigenvalue weighted by Gasteiger charge is -2.31. The van der Waals surface area contributed by atoms with E-state index in [9.17, 15) is 9.59 Å². The van der Waals surface area contributed by atoms with Crippen molar-refractivity contribution in [3.05, 3.63) is 90.0 Å². The number of ether oxygens (including phenoxy) is 3. The predicted molar refractivity (Wildman–Crippen MR) is 179 cm³/mol. The van der Waals surface area contributed by atoms with E-state index in [0.717, 1.165) is 36.0 Å². The van der Waals surface area contributed by atoms with Crippen molar-refractivity contribution >= 4 is 17.8 Å². The molecule has 1 heterocycles. The Morgan fingerprint density at radius 2 is 1.59 bits per heavy atom. The zero-order valence-electron chi connectivity index (χ0n) is 27.4. The van der Waals surface area contributed by atoms with Crippen LogP contribution in [0.3, 0.4) is 0 Å². The first kappa shape index (κ1) is 34.7. The van der Waals surface area contributed by atoms with E-state index >= 15 is 0 Å². The highest BCUT2D eigenvalue weighted by Crippen LogP contribution is 2.43. The number of nitrogens with one attached hydrogen (secondary N) is 2. The summed E-state index contributed by atoms with van der Waals surface area (Å²) in [4.78, 5) is 32.1. The van der Waals surface area contributed by atoms with Crippen LogP contribution in [0.5, 0.6) is 5.75 Å². The van der Waals surface area contributed by atoms with E-state index in [-0.39, 0.29) is 25.4 Å². The molecule has 0 radical (unpaired) electrons. The molecule has 2 atom stereocenters. The van der Waals surface area contributed by atoms with E-state index < -0.39 is 23.2 Å². The standard InChI is InChI=1S/C37H47N3O6/c1-5-6-10-24-38-40-35(43)37(23-22-32(42)46-36(2,3)4)33(29-16-14-28(15-17-29)27-12-8-7-9-13-27)45-34(39-37)30-18-20-31(21-19-30)44-26-11-25-41/h7-9,12-21,33,38,41H,5-6,10-11,22-26H2,1-4H3,(H,40,43)/t33-,37-/m0/s1. The largest absolute Gasteiger partial charge is 0.494 e. The topological polar surface area (TPSA) is 118 Å². The molecule has 3 aromatic rings. The lowest BCUT2D eigenvalue weighted by Crippen LogP contribution is -2.53. The first-order valence-electron chi connectivity index (χ1n) is 16.2. The fourth-order valence-electron chi connectivity index (χ4n) is 5.25. The van der Waals surface area contributed by atoms with Gasteiger partial charge in [-0.05, 0) is 74.6 Å². The highest BCUT2D eigenvalue weighted by molar-refractivity contribution is 6.01. The molecule has 1 aliphatic heterocycles. The quantitative estimate of drug-likeness (QED) is 0.0966. The number of carbonyl (C=O) groups excluding carboxylic acids is 2. The molecule has 0 unspecified atom stereocenters. The molecular formula is C37H47N3O6. The van der Waals surface area contributed by atoms with Gasteiger partial charge in [0.1, 0.15) is 11.4 Å². The van der Waals surface area contributed by atoms with Crippen LogP contribution in [0.2, 0.25) is 0 Å². The van der Waals surface area contributed by atoms with Crippen LogP contribution < -0.4 is 15.6 Å². The molecule has 1 amide bonds. The fourth-order valence-corrected chi connectivity index (χ4v) is 5.25. The Labute approximate surface area is 272 Å². The first-order valence-corrected chi connectivity index (χ1v) is 16.2. The van der Waals surface area contributed by atoms with Crippen molar-refractivity contribution in [3.8, 4) is 16.9 Å². The molecule has 9 nitrogen and oxygen atoms in total. The molecule has 246 valence electrons. The number of hydrazine groups is 1. The maximum Gasteiger partial charge on any atom is 0.306 e. The van der Waals surface area contributed by atoms with Crippen molar-refractivity contribution in [3.63, 3.8) is 0 Å². The minimum atomic E-state index is -1.46. The molecule has 0 fully saturated rings. The number of aliphatic imine (C=N–C) groups is 1. The second-order valence-corrected chi connectivity index (χ2v) is 12.5. The summed E-state index contributed by atoms with van der Waals surface area (Å²) in [6.07, 6.45) is 2.76. The van der Waals surface area contributed by atoms with Crippen molar-refractivity contribution in [1.82, 2.24) is 10.9 Å². The molecular weight excluding hydrogens is 582 g/mol. The summed E-state index contributed by atoms with van der Waals surface area (Å²) in [6, 6.07) is 25.2. The van der Waals surface area contributed by atoms with Crippen LogP contribution in [-0.2, 0) is 19.1 Å². The molecule has 9 heteroatoms. The molecule has 3 N–H and O–H groups in total. The van der Waals surface area contributed by atoms with Gasteiger partial charge in [0.15, 0.2) is 11.6 Å². The Hall–Kier alpha value is -4.21. The molecule has 0 aromatic heterocycles. The van der Waals surface area contributed by atoms with E-state index in [1.165, 1.54) is 0 Å². The van der Waals surface area contributed by atoms with Gasteiger partial charge in [0.2, 0.25) is 5.90 Å². The van der Waals surface area contributed by atoms with Crippen molar-refractivity contribution < 1.29 is 28.9 Å². The normalized spacial score (nSPS) is 17.6. The number of aliphatic hydroxyl groups excluding tert-OH is 1. The number of unbranched alkanes of at least 4 members (excludes halogenated alkanes) is 2. The van der Waals surface area contributed by atoms with Crippen LogP contribution in [0.25, 0.3) is 11.1 Å². The summed E-state index contributed by atoms with van der Waals surface area (Å²) in [7, 11) is 0. The predicted octanol–water partition coefficient (Wildman–Crippen LogP) is 6.30. The molecule has 3 aromatic carbocycles. The third-order valence-corrected chi connectivity index (χ3v) is 7.59. The molecule has 0 bridgehead atoms. The van der Waals surface area contributed by atoms with Crippen LogP contribution in [0.15, 0.2) is 83.9 Å². The van der Waals surface area contributed by atoms with Gasteiger partial charge in [-0.2, -0.15) is 0 Å². The average molecular weight is 630 g/mol. The van der Waals surface area contributed by atoms with E-state index in [0.29, 0.717) is 36.8 Å². The monoisotopic (exact) mass is 629 g/mol. The van der Waals surface area contributed by atoms with Crippen LogP contribution >= 0.6 is 0 Å². The van der Waals surface area contributed by atoms with Gasteiger partial charge in [-0.3, -0.25) is 15.0 Å². The Morgan fingerprint density at radius 3 is 2.24 bits per heavy atom. The number of amides is 1. The first-order chi connectivity index (χ1) is 22.1. The number of esters is 1. The van der Waals surface area contributed by atoms with Crippen molar-refractivity contribution in [2.24, 2.45) is 4.99 Å². The van der Waals surface area contributed by atoms with Crippen LogP contribution in [0.1, 0.15) is 83.5 Å². The van der Waals surface area contributed by atoms with Gasteiger partial charge in [-0.1, -0.05) is 74.4 Å². The van der Waals surface area contributed by atoms with Crippen molar-refractivity contribution in [2.45, 2.75) is 83.5 Å². The van der Waals surface area contributed by atoms with E-state index in [1.807, 2.05) is 87.5 Å². The SMILES string of the molecule is CCCCCNNC(=O)[C@@]1(CCC(=O)OC(C)(C)C)N=C(c2ccc(OCCCO)cc2)O[C@H]1c1ccc(-c2ccccc2)cc1. The Balaban J connectivity index is 1.70. The van der Waals surface area contributed by atoms with E-state index in [1.54, 1.807) is 12.1 Å². The van der Waals surface area contributed by atoms with Gasteiger partial charge in [0.25, 0.3) is 5.91 Å². The van der Waals surface area contributed by atoms with Gasteiger partial charge in [-0.15, -0.1) is 0 Å². The van der Waals surface area contributed by atoms with Gasteiger partial charge in [0.05, 0.1) is 6.61 Å². The second-order valence-electron chi connectivity index (χ2n) is 12.5. The third-order valence-electron chi connectivity index (χ3n) is 7.59. The second kappa shape index (κ2) is 16.4. The van der Waals surface area contributed by atoms with Gasteiger partial charge in [-0.25, -0.2) is 10.4 Å². The Kier molecular flexibility index (Phi) is 12.3. The smallest absolute Gasteiger partial charge is 0.306 e. The van der Waals surface area contributed by atoms with Crippen LogP contribution in [0.4, 0.5) is 0 Å². The maximum atomic E-state index is 14.2. The lowest BCUT2D eigenvalue weighted by atomic mass is 9.83. The van der Waals surface area contributed by atoms with Gasteiger partial charge >= 0.3 is 5.97 Å². The van der Waals surface area contributed by atoms with Gasteiger partial charge < -0.3 is 19.3 Å². The molecule has 46 heavy (non-hydrogen) atoms. The number of hydrogen-bond acceptors (Lipinski definition) is 8. The molecule has 0 saturated heterocycles. The summed E-state index contributed by atoms with van der Waals surface area (Å²) >= 11 is 0.